The average Bonchev–Trinajstić information content (AvgIpc) is 2.69. The number of carbonyl (C=O) groups excluding carboxylic acids is 1. The van der Waals surface area contributed by atoms with Gasteiger partial charge in [-0.2, -0.15) is 0 Å². The highest BCUT2D eigenvalue weighted by molar-refractivity contribution is 5.96. The molecule has 1 aliphatic heterocycles. The third-order valence-corrected chi connectivity index (χ3v) is 3.38. The first-order valence-electron chi connectivity index (χ1n) is 6.05. The molecule has 6 nitrogen and oxygen atoms in total. The maximum atomic E-state index is 12.2. The Morgan fingerprint density at radius 3 is 2.79 bits per heavy atom. The summed E-state index contributed by atoms with van der Waals surface area (Å²) in [7, 11) is 0. The molecular weight excluding hydrogens is 246 g/mol. The average molecular weight is 259 g/mol. The van der Waals surface area contributed by atoms with Crippen molar-refractivity contribution in [3.63, 3.8) is 0 Å². The molecule has 1 aliphatic rings. The van der Waals surface area contributed by atoms with Gasteiger partial charge in [0.15, 0.2) is 0 Å². The summed E-state index contributed by atoms with van der Waals surface area (Å²) in [6.45, 7) is 2.43. The Balaban J connectivity index is 1.92. The molecule has 1 saturated heterocycles. The molecule has 19 heavy (non-hydrogen) atoms. The van der Waals surface area contributed by atoms with Gasteiger partial charge in [-0.25, -0.2) is 9.78 Å². The fourth-order valence-electron chi connectivity index (χ4n) is 2.24. The summed E-state index contributed by atoms with van der Waals surface area (Å²) in [5, 5.41) is 8.96. The number of amides is 1. The van der Waals surface area contributed by atoms with Gasteiger partial charge >= 0.3 is 5.97 Å². The fourth-order valence-corrected chi connectivity index (χ4v) is 2.24. The molecule has 0 aromatic carbocycles. The number of aromatic nitrogens is 2. The number of hydrogen-bond acceptors (Lipinski definition) is 3. The number of aryl methyl sites for hydroxylation is 1. The number of nitrogens with zero attached hydrogens (tertiary/aromatic N) is 3. The maximum absolute atomic E-state index is 12.2. The molecule has 1 N–H and O–H groups in total. The molecule has 6 heteroatoms. The minimum absolute atomic E-state index is 0.288. The fraction of sp³-hybridized carbons (Fsp3) is 0.308. The van der Waals surface area contributed by atoms with Crippen LogP contribution in [0.1, 0.15) is 22.5 Å². The first-order valence-corrected chi connectivity index (χ1v) is 6.05. The highest BCUT2D eigenvalue weighted by Gasteiger charge is 2.38. The van der Waals surface area contributed by atoms with Crippen LogP contribution in [-0.2, 0) is 4.79 Å². The summed E-state index contributed by atoms with van der Waals surface area (Å²) in [5.74, 6) is -1.28. The zero-order chi connectivity index (χ0) is 13.6. The number of carbonyl (C=O) groups is 2. The Bertz CT molecular complexity index is 677. The molecule has 1 amide bonds. The quantitative estimate of drug-likeness (QED) is 0.871. The van der Waals surface area contributed by atoms with Crippen molar-refractivity contribution >= 4 is 17.5 Å². The summed E-state index contributed by atoms with van der Waals surface area (Å²) >= 11 is 0. The summed E-state index contributed by atoms with van der Waals surface area (Å²) in [6, 6.07) is 3.04. The Kier molecular flexibility index (Phi) is 2.51. The zero-order valence-electron chi connectivity index (χ0n) is 10.4. The molecule has 1 unspecified atom stereocenters. The van der Waals surface area contributed by atoms with E-state index in [1.807, 2.05) is 25.3 Å². The highest BCUT2D eigenvalue weighted by Crippen LogP contribution is 2.20. The third-order valence-electron chi connectivity index (χ3n) is 3.38. The van der Waals surface area contributed by atoms with Gasteiger partial charge in [0.1, 0.15) is 17.4 Å². The molecular formula is C13H13N3O3. The molecule has 1 fully saturated rings. The van der Waals surface area contributed by atoms with E-state index in [1.54, 1.807) is 10.6 Å². The van der Waals surface area contributed by atoms with E-state index < -0.39 is 12.0 Å². The topological polar surface area (TPSA) is 74.9 Å². The van der Waals surface area contributed by atoms with E-state index in [0.29, 0.717) is 18.6 Å². The molecule has 0 spiro atoms. The van der Waals surface area contributed by atoms with Gasteiger partial charge in [0.2, 0.25) is 0 Å². The number of aliphatic carboxylic acids is 1. The highest BCUT2D eigenvalue weighted by atomic mass is 16.4. The number of pyridine rings is 1. The van der Waals surface area contributed by atoms with Crippen molar-refractivity contribution in [3.8, 4) is 0 Å². The van der Waals surface area contributed by atoms with Crippen molar-refractivity contribution in [2.45, 2.75) is 19.4 Å². The lowest BCUT2D eigenvalue weighted by Crippen LogP contribution is -2.55. The number of carboxylic acid groups (broad SMARTS) is 1. The second-order valence-electron chi connectivity index (χ2n) is 4.74. The standard InChI is InChI=1S/C13H13N3O3/c1-8-2-3-11-14-9(7-15(11)6-8)12(17)16-5-4-10(16)13(18)19/h2-3,6-7,10H,4-5H2,1H3,(H,18,19). The molecule has 2 aromatic rings. The van der Waals surface area contributed by atoms with Gasteiger partial charge in [-0.3, -0.25) is 4.79 Å². The van der Waals surface area contributed by atoms with Crippen molar-refractivity contribution < 1.29 is 14.7 Å². The van der Waals surface area contributed by atoms with E-state index in [1.165, 1.54) is 4.90 Å². The van der Waals surface area contributed by atoms with E-state index in [4.69, 9.17) is 5.11 Å². The number of carboxylic acids is 1. The number of rotatable bonds is 2. The monoisotopic (exact) mass is 259 g/mol. The molecule has 98 valence electrons. The predicted octanol–water partition coefficient (Wildman–Crippen LogP) is 0.942. The van der Waals surface area contributed by atoms with E-state index >= 15 is 0 Å². The minimum atomic E-state index is -0.959. The Labute approximate surface area is 109 Å². The van der Waals surface area contributed by atoms with Crippen LogP contribution >= 0.6 is 0 Å². The van der Waals surface area contributed by atoms with E-state index in [0.717, 1.165) is 5.56 Å². The second-order valence-corrected chi connectivity index (χ2v) is 4.74. The van der Waals surface area contributed by atoms with Crippen LogP contribution < -0.4 is 0 Å². The summed E-state index contributed by atoms with van der Waals surface area (Å²) in [4.78, 5) is 28.7. The molecule has 1 atom stereocenters. The van der Waals surface area contributed by atoms with Crippen molar-refractivity contribution in [3.05, 3.63) is 35.8 Å². The molecule has 2 aromatic heterocycles. The van der Waals surface area contributed by atoms with Crippen molar-refractivity contribution in [2.75, 3.05) is 6.54 Å². The summed E-state index contributed by atoms with van der Waals surface area (Å²) in [5.41, 5.74) is 2.04. The SMILES string of the molecule is Cc1ccc2nc(C(=O)N3CCC3C(=O)O)cn2c1. The van der Waals surface area contributed by atoms with E-state index in [-0.39, 0.29) is 11.6 Å². The third kappa shape index (κ3) is 1.85. The maximum Gasteiger partial charge on any atom is 0.326 e. The van der Waals surface area contributed by atoms with Crippen molar-refractivity contribution in [2.24, 2.45) is 0 Å². The van der Waals surface area contributed by atoms with Gasteiger partial charge in [-0.15, -0.1) is 0 Å². The smallest absolute Gasteiger partial charge is 0.326 e. The second kappa shape index (κ2) is 4.08. The van der Waals surface area contributed by atoms with Gasteiger partial charge in [-0.1, -0.05) is 6.07 Å². The Hall–Kier alpha value is -2.37. The van der Waals surface area contributed by atoms with Crippen LogP contribution in [0.3, 0.4) is 0 Å². The lowest BCUT2D eigenvalue weighted by atomic mass is 10.0. The van der Waals surface area contributed by atoms with Crippen molar-refractivity contribution in [1.82, 2.24) is 14.3 Å². The lowest BCUT2D eigenvalue weighted by molar-refractivity contribution is -0.146. The van der Waals surface area contributed by atoms with Crippen LogP contribution in [0.15, 0.2) is 24.5 Å². The predicted molar refractivity (Wildman–Crippen MR) is 67.0 cm³/mol. The van der Waals surface area contributed by atoms with Crippen LogP contribution in [0.25, 0.3) is 5.65 Å². The first-order chi connectivity index (χ1) is 9.06. The van der Waals surface area contributed by atoms with Gasteiger partial charge < -0.3 is 14.4 Å². The molecule has 0 bridgehead atoms. The molecule has 0 radical (unpaired) electrons. The summed E-state index contributed by atoms with van der Waals surface area (Å²) < 4.78 is 1.78. The van der Waals surface area contributed by atoms with Gasteiger partial charge in [0, 0.05) is 18.9 Å². The molecule has 3 rings (SSSR count). The normalized spacial score (nSPS) is 18.4. The van der Waals surface area contributed by atoms with Gasteiger partial charge in [0.05, 0.1) is 0 Å². The lowest BCUT2D eigenvalue weighted by Gasteiger charge is -2.37. The van der Waals surface area contributed by atoms with Crippen molar-refractivity contribution in [1.29, 1.82) is 0 Å². The number of likely N-dealkylation sites (tertiary alicyclic amines) is 1. The van der Waals surface area contributed by atoms with Gasteiger partial charge in [0.25, 0.3) is 5.91 Å². The van der Waals surface area contributed by atoms with Crippen LogP contribution in [0, 0.1) is 6.92 Å². The Morgan fingerprint density at radius 1 is 1.37 bits per heavy atom. The van der Waals surface area contributed by atoms with E-state index in [9.17, 15) is 9.59 Å². The zero-order valence-corrected chi connectivity index (χ0v) is 10.4. The number of hydrogen-bond donors (Lipinski definition) is 1. The van der Waals surface area contributed by atoms with Crippen LogP contribution in [0.5, 0.6) is 0 Å². The number of imidazole rings is 1. The Morgan fingerprint density at radius 2 is 2.16 bits per heavy atom. The minimum Gasteiger partial charge on any atom is -0.480 e. The molecule has 0 saturated carbocycles. The van der Waals surface area contributed by atoms with Crippen LogP contribution in [0.4, 0.5) is 0 Å². The number of fused-ring (bicyclic) bond motifs is 1. The van der Waals surface area contributed by atoms with Crippen LogP contribution in [0.2, 0.25) is 0 Å². The van der Waals surface area contributed by atoms with Crippen LogP contribution in [-0.4, -0.2) is 43.9 Å². The van der Waals surface area contributed by atoms with Gasteiger partial charge in [-0.05, 0) is 25.0 Å². The molecule has 0 aliphatic carbocycles. The molecule has 3 heterocycles. The largest absolute Gasteiger partial charge is 0.480 e. The summed E-state index contributed by atoms with van der Waals surface area (Å²) in [6.07, 6.45) is 4.03. The van der Waals surface area contributed by atoms with E-state index in [2.05, 4.69) is 4.98 Å². The first kappa shape index (κ1) is 11.7.